The predicted molar refractivity (Wildman–Crippen MR) is 108 cm³/mol. The maximum atomic E-state index is 12.3. The molecule has 4 nitrogen and oxygen atoms in total. The third-order valence-electron chi connectivity index (χ3n) is 4.89. The maximum Gasteiger partial charge on any atom is 0.246 e. The third-order valence-corrected chi connectivity index (χ3v) is 6.91. The minimum absolute atomic E-state index is 0.000964. The van der Waals surface area contributed by atoms with Crippen LogP contribution < -0.4 is 0 Å². The monoisotopic (exact) mass is 383 g/mol. The molecule has 1 aliphatic heterocycles. The van der Waals surface area contributed by atoms with Crippen LogP contribution >= 0.6 is 22.7 Å². The average Bonchev–Trinajstić information content (AvgIpc) is 3.30. The standard InChI is InChI=1S/C20H21N3OS2/c1-5-19(24)23-10-17(15-8-12(2)26-18(15)11-23)14-6-7-25-20(14)16-9-22(4)21-13(16)3/h5-9,17H,1,10-11H2,2-4H3/t17-/m1/s1. The van der Waals surface area contributed by atoms with E-state index in [4.69, 9.17) is 0 Å². The SMILES string of the molecule is C=CC(=O)N1Cc2sc(C)cc2[C@@H](c2ccsc2-c2cn(C)nc2C)C1. The summed E-state index contributed by atoms with van der Waals surface area (Å²) in [5, 5.41) is 6.65. The first-order valence-corrected chi connectivity index (χ1v) is 10.3. The lowest BCUT2D eigenvalue weighted by Gasteiger charge is -2.32. The molecule has 0 saturated heterocycles. The van der Waals surface area contributed by atoms with Crippen molar-refractivity contribution in [3.05, 3.63) is 62.9 Å². The van der Waals surface area contributed by atoms with Crippen molar-refractivity contribution in [3.63, 3.8) is 0 Å². The minimum Gasteiger partial charge on any atom is -0.333 e. The van der Waals surface area contributed by atoms with Crippen LogP contribution in [0.2, 0.25) is 0 Å². The van der Waals surface area contributed by atoms with Crippen molar-refractivity contribution in [1.29, 1.82) is 0 Å². The lowest BCUT2D eigenvalue weighted by Crippen LogP contribution is -2.36. The number of aryl methyl sites for hydroxylation is 3. The number of hydrogen-bond acceptors (Lipinski definition) is 4. The number of rotatable bonds is 3. The summed E-state index contributed by atoms with van der Waals surface area (Å²) in [6.45, 7) is 9.23. The van der Waals surface area contributed by atoms with Gasteiger partial charge in [0, 0.05) is 45.9 Å². The second-order valence-electron chi connectivity index (χ2n) is 6.72. The number of hydrogen-bond donors (Lipinski definition) is 0. The van der Waals surface area contributed by atoms with Crippen molar-refractivity contribution in [3.8, 4) is 10.4 Å². The largest absolute Gasteiger partial charge is 0.333 e. The van der Waals surface area contributed by atoms with Crippen LogP contribution in [0.15, 0.2) is 36.4 Å². The van der Waals surface area contributed by atoms with E-state index in [1.54, 1.807) is 22.7 Å². The molecule has 0 aromatic carbocycles. The van der Waals surface area contributed by atoms with Crippen LogP contribution in [0.3, 0.4) is 0 Å². The summed E-state index contributed by atoms with van der Waals surface area (Å²) >= 11 is 3.54. The van der Waals surface area contributed by atoms with Crippen molar-refractivity contribution >= 4 is 28.6 Å². The van der Waals surface area contributed by atoms with E-state index in [0.717, 1.165) is 5.69 Å². The zero-order valence-electron chi connectivity index (χ0n) is 15.2. The van der Waals surface area contributed by atoms with Crippen LogP contribution in [0.5, 0.6) is 0 Å². The van der Waals surface area contributed by atoms with Crippen LogP contribution in [-0.2, 0) is 18.4 Å². The normalized spacial score (nSPS) is 16.6. The first kappa shape index (κ1) is 17.2. The number of nitrogens with zero attached hydrogens (tertiary/aromatic N) is 3. The first-order valence-electron chi connectivity index (χ1n) is 8.56. The van der Waals surface area contributed by atoms with E-state index in [-0.39, 0.29) is 11.8 Å². The summed E-state index contributed by atoms with van der Waals surface area (Å²) in [5.74, 6) is 0.189. The van der Waals surface area contributed by atoms with Gasteiger partial charge in [0.25, 0.3) is 0 Å². The Morgan fingerprint density at radius 2 is 2.19 bits per heavy atom. The minimum atomic E-state index is 0.000964. The van der Waals surface area contributed by atoms with E-state index >= 15 is 0 Å². The highest BCUT2D eigenvalue weighted by atomic mass is 32.1. The highest BCUT2D eigenvalue weighted by Crippen LogP contribution is 2.44. The zero-order valence-corrected chi connectivity index (χ0v) is 16.8. The Balaban J connectivity index is 1.82. The van der Waals surface area contributed by atoms with Crippen molar-refractivity contribution in [2.24, 2.45) is 7.05 Å². The molecule has 0 saturated carbocycles. The quantitative estimate of drug-likeness (QED) is 0.625. The number of amides is 1. The van der Waals surface area contributed by atoms with E-state index < -0.39 is 0 Å². The molecule has 4 heterocycles. The molecule has 0 radical (unpaired) electrons. The van der Waals surface area contributed by atoms with Gasteiger partial charge in [-0.25, -0.2) is 0 Å². The summed E-state index contributed by atoms with van der Waals surface area (Å²) < 4.78 is 1.86. The van der Waals surface area contributed by atoms with Gasteiger partial charge in [0.15, 0.2) is 0 Å². The van der Waals surface area contributed by atoms with Gasteiger partial charge in [-0.15, -0.1) is 22.7 Å². The number of aromatic nitrogens is 2. The summed E-state index contributed by atoms with van der Waals surface area (Å²) in [5.41, 5.74) is 4.86. The van der Waals surface area contributed by atoms with Crippen LogP contribution in [0.1, 0.15) is 32.5 Å². The first-order chi connectivity index (χ1) is 12.5. The van der Waals surface area contributed by atoms with Crippen molar-refractivity contribution in [2.45, 2.75) is 26.3 Å². The summed E-state index contributed by atoms with van der Waals surface area (Å²) in [6, 6.07) is 4.49. The Morgan fingerprint density at radius 1 is 1.38 bits per heavy atom. The molecule has 4 rings (SSSR count). The number of carbonyl (C=O) groups is 1. The Kier molecular flexibility index (Phi) is 4.32. The summed E-state index contributed by atoms with van der Waals surface area (Å²) in [7, 11) is 1.95. The van der Waals surface area contributed by atoms with Crippen molar-refractivity contribution in [2.75, 3.05) is 6.54 Å². The molecule has 134 valence electrons. The number of thiophene rings is 2. The summed E-state index contributed by atoms with van der Waals surface area (Å²) in [6.07, 6.45) is 3.50. The molecular weight excluding hydrogens is 362 g/mol. The van der Waals surface area contributed by atoms with Gasteiger partial charge in [-0.2, -0.15) is 5.10 Å². The highest BCUT2D eigenvalue weighted by molar-refractivity contribution is 7.13. The fourth-order valence-electron chi connectivity index (χ4n) is 3.76. The molecule has 0 aliphatic carbocycles. The zero-order chi connectivity index (χ0) is 18.4. The fourth-order valence-corrected chi connectivity index (χ4v) is 5.89. The van der Waals surface area contributed by atoms with Crippen molar-refractivity contribution < 1.29 is 4.79 Å². The fraction of sp³-hybridized carbons (Fsp3) is 0.300. The second kappa shape index (κ2) is 6.52. The van der Waals surface area contributed by atoms with E-state index in [0.29, 0.717) is 13.1 Å². The number of carbonyl (C=O) groups excluding carboxylic acids is 1. The second-order valence-corrected chi connectivity index (χ2v) is 8.97. The van der Waals surface area contributed by atoms with Gasteiger partial charge in [0.05, 0.1) is 12.2 Å². The molecule has 3 aromatic rings. The molecular formula is C20H21N3OS2. The molecule has 1 aliphatic rings. The molecule has 0 bridgehead atoms. The van der Waals surface area contributed by atoms with E-state index in [2.05, 4.69) is 42.3 Å². The van der Waals surface area contributed by atoms with Gasteiger partial charge >= 0.3 is 0 Å². The molecule has 6 heteroatoms. The molecule has 0 N–H and O–H groups in total. The highest BCUT2D eigenvalue weighted by Gasteiger charge is 2.32. The Morgan fingerprint density at radius 3 is 2.88 bits per heavy atom. The van der Waals surface area contributed by atoms with Gasteiger partial charge in [-0.05, 0) is 48.6 Å². The van der Waals surface area contributed by atoms with Gasteiger partial charge in [0.2, 0.25) is 5.91 Å². The summed E-state index contributed by atoms with van der Waals surface area (Å²) in [4.78, 5) is 18.1. The topological polar surface area (TPSA) is 38.1 Å². The Hall–Kier alpha value is -2.18. The van der Waals surface area contributed by atoms with Crippen molar-refractivity contribution in [1.82, 2.24) is 14.7 Å². The third kappa shape index (κ3) is 2.83. The maximum absolute atomic E-state index is 12.3. The number of fused-ring (bicyclic) bond motifs is 1. The van der Waals surface area contributed by atoms with Crippen LogP contribution in [-0.4, -0.2) is 27.1 Å². The Labute approximate surface area is 161 Å². The van der Waals surface area contributed by atoms with Crippen LogP contribution in [0.4, 0.5) is 0 Å². The van der Waals surface area contributed by atoms with Crippen LogP contribution in [0, 0.1) is 13.8 Å². The van der Waals surface area contributed by atoms with Gasteiger partial charge in [-0.1, -0.05) is 6.58 Å². The molecule has 1 amide bonds. The average molecular weight is 384 g/mol. The molecule has 3 aromatic heterocycles. The molecule has 0 fully saturated rings. The molecule has 0 unspecified atom stereocenters. The lowest BCUT2D eigenvalue weighted by atomic mass is 9.87. The van der Waals surface area contributed by atoms with E-state index in [1.807, 2.05) is 23.6 Å². The smallest absolute Gasteiger partial charge is 0.246 e. The molecule has 0 spiro atoms. The predicted octanol–water partition coefficient (Wildman–Crippen LogP) is 4.49. The Bertz CT molecular complexity index is 995. The van der Waals surface area contributed by atoms with Crippen LogP contribution in [0.25, 0.3) is 10.4 Å². The lowest BCUT2D eigenvalue weighted by molar-refractivity contribution is -0.127. The van der Waals surface area contributed by atoms with E-state index in [1.165, 1.54) is 37.4 Å². The molecule has 26 heavy (non-hydrogen) atoms. The van der Waals surface area contributed by atoms with E-state index in [9.17, 15) is 4.79 Å². The van der Waals surface area contributed by atoms with Gasteiger partial charge < -0.3 is 4.90 Å². The van der Waals surface area contributed by atoms with Gasteiger partial charge in [0.1, 0.15) is 0 Å². The molecule has 1 atom stereocenters. The van der Waals surface area contributed by atoms with Gasteiger partial charge in [-0.3, -0.25) is 9.48 Å².